The molecule has 0 atom stereocenters. The molecular weight excluding hydrogens is 178 g/mol. The molecule has 12 heavy (non-hydrogen) atoms. The summed E-state index contributed by atoms with van der Waals surface area (Å²) in [6.07, 6.45) is 0. The number of nitrogens with zero attached hydrogens (tertiary/aromatic N) is 1. The van der Waals surface area contributed by atoms with E-state index in [0.717, 1.165) is 0 Å². The lowest BCUT2D eigenvalue weighted by Gasteiger charge is -2.02. The van der Waals surface area contributed by atoms with Crippen molar-refractivity contribution in [2.45, 2.75) is 6.92 Å². The number of amides is 2. The molecule has 6 heteroatoms. The second-order valence-corrected chi connectivity index (χ2v) is 2.87. The smallest absolute Gasteiger partial charge is 0.248 e. The summed E-state index contributed by atoms with van der Waals surface area (Å²) in [4.78, 5) is 21.1. The highest BCUT2D eigenvalue weighted by Gasteiger charge is 1.99. The number of nitriles is 1. The average Bonchev–Trinajstić information content (AvgIpc) is 2.01. The molecular formula is C6H9N3O2S. The molecule has 0 aliphatic carbocycles. The first-order valence-corrected chi connectivity index (χ1v) is 4.32. The van der Waals surface area contributed by atoms with Gasteiger partial charge in [-0.1, -0.05) is 0 Å². The minimum absolute atomic E-state index is 0.174. The molecule has 0 aromatic heterocycles. The Hall–Kier alpha value is -1.22. The molecule has 0 aromatic carbocycles. The Kier molecular flexibility index (Phi) is 5.83. The third-order valence-electron chi connectivity index (χ3n) is 0.778. The lowest BCUT2D eigenvalue weighted by Crippen LogP contribution is -2.41. The van der Waals surface area contributed by atoms with E-state index in [1.807, 2.05) is 6.07 Å². The van der Waals surface area contributed by atoms with Gasteiger partial charge < -0.3 is 0 Å². The Morgan fingerprint density at radius 1 is 1.50 bits per heavy atom. The van der Waals surface area contributed by atoms with Gasteiger partial charge in [0.25, 0.3) is 0 Å². The molecule has 0 aliphatic heterocycles. The van der Waals surface area contributed by atoms with Crippen LogP contribution >= 0.6 is 11.8 Å². The van der Waals surface area contributed by atoms with Gasteiger partial charge in [0.1, 0.15) is 0 Å². The van der Waals surface area contributed by atoms with Crippen molar-refractivity contribution in [1.29, 1.82) is 5.26 Å². The Bertz CT molecular complexity index is 211. The Labute approximate surface area is 74.5 Å². The summed E-state index contributed by atoms with van der Waals surface area (Å²) in [5, 5.41) is 8.12. The van der Waals surface area contributed by atoms with E-state index >= 15 is 0 Å². The van der Waals surface area contributed by atoms with E-state index in [2.05, 4.69) is 10.9 Å². The molecule has 0 aromatic rings. The molecule has 2 N–H and O–H groups in total. The van der Waals surface area contributed by atoms with Gasteiger partial charge in [0, 0.05) is 6.92 Å². The predicted molar refractivity (Wildman–Crippen MR) is 44.9 cm³/mol. The zero-order valence-electron chi connectivity index (χ0n) is 6.59. The third-order valence-corrected chi connectivity index (χ3v) is 1.58. The van der Waals surface area contributed by atoms with E-state index in [4.69, 9.17) is 5.26 Å². The van der Waals surface area contributed by atoms with Gasteiger partial charge in [0.2, 0.25) is 11.8 Å². The van der Waals surface area contributed by atoms with Crippen molar-refractivity contribution in [3.63, 3.8) is 0 Å². The highest BCUT2D eigenvalue weighted by molar-refractivity contribution is 8.00. The molecule has 0 saturated heterocycles. The van der Waals surface area contributed by atoms with Gasteiger partial charge in [-0.2, -0.15) is 5.26 Å². The van der Waals surface area contributed by atoms with Gasteiger partial charge >= 0.3 is 0 Å². The predicted octanol–water partition coefficient (Wildman–Crippen LogP) is -0.590. The van der Waals surface area contributed by atoms with Crippen LogP contribution in [0.2, 0.25) is 0 Å². The summed E-state index contributed by atoms with van der Waals surface area (Å²) in [7, 11) is 0. The zero-order valence-corrected chi connectivity index (χ0v) is 7.40. The van der Waals surface area contributed by atoms with Gasteiger partial charge in [0.15, 0.2) is 0 Å². The molecule has 0 heterocycles. The molecule has 0 unspecified atom stereocenters. The van der Waals surface area contributed by atoms with E-state index < -0.39 is 0 Å². The summed E-state index contributed by atoms with van der Waals surface area (Å²) in [5.41, 5.74) is 4.31. The quantitative estimate of drug-likeness (QED) is 0.457. The number of thioether (sulfide) groups is 1. The summed E-state index contributed by atoms with van der Waals surface area (Å²) >= 11 is 1.19. The van der Waals surface area contributed by atoms with Crippen molar-refractivity contribution in [3.8, 4) is 6.07 Å². The largest absolute Gasteiger partial charge is 0.274 e. The van der Waals surface area contributed by atoms with Crippen molar-refractivity contribution in [2.75, 3.05) is 11.5 Å². The molecule has 2 amide bonds. The van der Waals surface area contributed by atoms with Crippen LogP contribution in [0, 0.1) is 11.3 Å². The summed E-state index contributed by atoms with van der Waals surface area (Å²) < 4.78 is 0. The SMILES string of the molecule is CC(=O)NNC(=O)CSCC#N. The van der Waals surface area contributed by atoms with Crippen LogP contribution in [0.3, 0.4) is 0 Å². The van der Waals surface area contributed by atoms with Crippen molar-refractivity contribution in [3.05, 3.63) is 0 Å². The second-order valence-electron chi connectivity index (χ2n) is 1.88. The molecule has 0 radical (unpaired) electrons. The van der Waals surface area contributed by atoms with Crippen LogP contribution in [-0.2, 0) is 9.59 Å². The Morgan fingerprint density at radius 2 is 2.17 bits per heavy atom. The summed E-state index contributed by atoms with van der Waals surface area (Å²) in [6.45, 7) is 1.29. The van der Waals surface area contributed by atoms with E-state index in [1.54, 1.807) is 0 Å². The number of hydrazine groups is 1. The first-order valence-electron chi connectivity index (χ1n) is 3.17. The highest BCUT2D eigenvalue weighted by Crippen LogP contribution is 1.95. The number of nitrogens with one attached hydrogen (secondary N) is 2. The average molecular weight is 187 g/mol. The maximum atomic E-state index is 10.8. The maximum Gasteiger partial charge on any atom is 0.248 e. The van der Waals surface area contributed by atoms with Gasteiger partial charge in [-0.05, 0) is 0 Å². The minimum Gasteiger partial charge on any atom is -0.274 e. The van der Waals surface area contributed by atoms with Crippen LogP contribution in [0.25, 0.3) is 0 Å². The molecule has 0 aliphatic rings. The van der Waals surface area contributed by atoms with E-state index in [-0.39, 0.29) is 23.3 Å². The van der Waals surface area contributed by atoms with Crippen LogP contribution in [-0.4, -0.2) is 23.3 Å². The lowest BCUT2D eigenvalue weighted by molar-refractivity contribution is -0.126. The van der Waals surface area contributed by atoms with Crippen molar-refractivity contribution in [1.82, 2.24) is 10.9 Å². The highest BCUT2D eigenvalue weighted by atomic mass is 32.2. The normalized spacial score (nSPS) is 8.33. The molecule has 0 fully saturated rings. The Morgan fingerprint density at radius 3 is 2.67 bits per heavy atom. The van der Waals surface area contributed by atoms with E-state index in [9.17, 15) is 9.59 Å². The number of rotatable bonds is 3. The lowest BCUT2D eigenvalue weighted by atomic mass is 10.7. The van der Waals surface area contributed by atoms with Crippen LogP contribution in [0.15, 0.2) is 0 Å². The van der Waals surface area contributed by atoms with Gasteiger partial charge in [-0.25, -0.2) is 0 Å². The number of carbonyl (C=O) groups is 2. The van der Waals surface area contributed by atoms with Crippen LogP contribution in [0.5, 0.6) is 0 Å². The van der Waals surface area contributed by atoms with Crippen molar-refractivity contribution < 1.29 is 9.59 Å². The van der Waals surface area contributed by atoms with Crippen LogP contribution in [0.1, 0.15) is 6.92 Å². The van der Waals surface area contributed by atoms with Crippen molar-refractivity contribution >= 4 is 23.6 Å². The number of hydrogen-bond donors (Lipinski definition) is 2. The van der Waals surface area contributed by atoms with Crippen LogP contribution in [0.4, 0.5) is 0 Å². The Balaban J connectivity index is 3.35. The van der Waals surface area contributed by atoms with Crippen molar-refractivity contribution in [2.24, 2.45) is 0 Å². The first-order chi connectivity index (χ1) is 5.66. The maximum absolute atomic E-state index is 10.8. The van der Waals surface area contributed by atoms with Gasteiger partial charge in [0.05, 0.1) is 17.6 Å². The summed E-state index contributed by atoms with van der Waals surface area (Å²) in [6, 6.07) is 1.88. The molecule has 66 valence electrons. The fourth-order valence-electron chi connectivity index (χ4n) is 0.383. The fraction of sp³-hybridized carbons (Fsp3) is 0.500. The second kappa shape index (κ2) is 6.49. The molecule has 0 bridgehead atoms. The summed E-state index contributed by atoms with van der Waals surface area (Å²) in [5.74, 6) is -0.194. The first kappa shape index (κ1) is 10.8. The van der Waals surface area contributed by atoms with Crippen LogP contribution < -0.4 is 10.9 Å². The van der Waals surface area contributed by atoms with Gasteiger partial charge in [-0.15, -0.1) is 11.8 Å². The van der Waals surface area contributed by atoms with E-state index in [1.165, 1.54) is 18.7 Å². The number of hydrogen-bond acceptors (Lipinski definition) is 4. The minimum atomic E-state index is -0.325. The molecule has 5 nitrogen and oxygen atoms in total. The molecule has 0 spiro atoms. The molecule has 0 rings (SSSR count). The third kappa shape index (κ3) is 6.89. The molecule has 0 saturated carbocycles. The topological polar surface area (TPSA) is 82.0 Å². The van der Waals surface area contributed by atoms with Gasteiger partial charge in [-0.3, -0.25) is 20.4 Å². The van der Waals surface area contributed by atoms with E-state index in [0.29, 0.717) is 0 Å². The monoisotopic (exact) mass is 187 g/mol. The zero-order chi connectivity index (χ0) is 9.40. The fourth-order valence-corrected chi connectivity index (χ4v) is 0.834. The standard InChI is InChI=1S/C6H9N3O2S/c1-5(10)8-9-6(11)4-12-3-2-7/h3-4H2,1H3,(H,8,10)(H,9,11). The number of carbonyl (C=O) groups excluding carboxylic acids is 2.